The average molecular weight is 238 g/mol. The van der Waals surface area contributed by atoms with Gasteiger partial charge in [0.05, 0.1) is 5.70 Å². The van der Waals surface area contributed by atoms with Gasteiger partial charge in [0.1, 0.15) is 0 Å². The van der Waals surface area contributed by atoms with Crippen LogP contribution < -0.4 is 10.6 Å². The number of aryl methyl sites for hydroxylation is 1. The van der Waals surface area contributed by atoms with Gasteiger partial charge in [-0.25, -0.2) is 8.78 Å². The van der Waals surface area contributed by atoms with E-state index in [1.54, 1.807) is 24.1 Å². The van der Waals surface area contributed by atoms with Crippen molar-refractivity contribution in [2.24, 2.45) is 0 Å². The third kappa shape index (κ3) is 2.40. The number of nitrogens with zero attached hydrogens (tertiary/aromatic N) is 1. The molecule has 92 valence electrons. The molecule has 2 nitrogen and oxygen atoms in total. The Bertz CT molecular complexity index is 460. The molecule has 0 amide bonds. The van der Waals surface area contributed by atoms with E-state index >= 15 is 0 Å². The average Bonchev–Trinajstić information content (AvgIpc) is 3.06. The summed E-state index contributed by atoms with van der Waals surface area (Å²) in [6, 6.07) is 5.36. The molecule has 0 spiro atoms. The van der Waals surface area contributed by atoms with Gasteiger partial charge in [-0.1, -0.05) is 0 Å². The van der Waals surface area contributed by atoms with Gasteiger partial charge in [0.2, 0.25) is 0 Å². The van der Waals surface area contributed by atoms with Gasteiger partial charge >= 0.3 is 0 Å². The zero-order chi connectivity index (χ0) is 12.6. The highest BCUT2D eigenvalue weighted by atomic mass is 19.3. The van der Waals surface area contributed by atoms with Crippen LogP contribution >= 0.6 is 0 Å². The normalized spacial score (nSPS) is 14.1. The Morgan fingerprint density at radius 2 is 2.00 bits per heavy atom. The summed E-state index contributed by atoms with van der Waals surface area (Å²) in [5, 5.41) is 0. The molecule has 0 radical (unpaired) electrons. The summed E-state index contributed by atoms with van der Waals surface area (Å²) in [6.45, 7) is 1.87. The number of hydrogen-bond donors (Lipinski definition) is 1. The van der Waals surface area contributed by atoms with Crippen molar-refractivity contribution in [1.82, 2.24) is 0 Å². The Labute approximate surface area is 99.7 Å². The van der Waals surface area contributed by atoms with E-state index in [0.717, 1.165) is 29.7 Å². The van der Waals surface area contributed by atoms with Crippen LogP contribution in [0.25, 0.3) is 0 Å². The topological polar surface area (TPSA) is 29.3 Å². The number of nitrogen functional groups attached to an aromatic ring is 1. The van der Waals surface area contributed by atoms with Crippen molar-refractivity contribution in [3.8, 4) is 0 Å². The van der Waals surface area contributed by atoms with E-state index in [4.69, 9.17) is 5.73 Å². The molecule has 2 N–H and O–H groups in total. The lowest BCUT2D eigenvalue weighted by Gasteiger charge is -2.23. The first-order valence-corrected chi connectivity index (χ1v) is 5.60. The van der Waals surface area contributed by atoms with Crippen LogP contribution in [-0.4, -0.2) is 13.5 Å². The molecule has 0 heterocycles. The standard InChI is InChI=1S/C13H16F2N2/c1-8-7-10(5-6-11(8)16)17(2)12(13(14)15)9-3-4-9/h5-7,13H,3-4,16H2,1-2H3. The lowest BCUT2D eigenvalue weighted by Crippen LogP contribution is -2.22. The Balaban J connectivity index is 2.33. The minimum atomic E-state index is -2.42. The van der Waals surface area contributed by atoms with Crippen molar-refractivity contribution in [3.63, 3.8) is 0 Å². The van der Waals surface area contributed by atoms with Crippen LogP contribution in [0.4, 0.5) is 20.2 Å². The number of alkyl halides is 2. The summed E-state index contributed by atoms with van der Waals surface area (Å²) in [5.41, 5.74) is 9.07. The SMILES string of the molecule is Cc1cc(N(C)C(=C2CC2)C(F)F)ccc1N. The summed E-state index contributed by atoms with van der Waals surface area (Å²) < 4.78 is 26.0. The molecule has 1 aliphatic rings. The van der Waals surface area contributed by atoms with E-state index in [2.05, 4.69) is 0 Å². The zero-order valence-corrected chi connectivity index (χ0v) is 10.0. The highest BCUT2D eigenvalue weighted by Gasteiger charge is 2.27. The summed E-state index contributed by atoms with van der Waals surface area (Å²) in [5.74, 6) is 0. The van der Waals surface area contributed by atoms with Gasteiger partial charge in [-0.05, 0) is 49.1 Å². The van der Waals surface area contributed by atoms with Crippen LogP contribution in [0.2, 0.25) is 0 Å². The number of nitrogens with two attached hydrogens (primary N) is 1. The molecule has 2 rings (SSSR count). The van der Waals surface area contributed by atoms with Gasteiger partial charge in [-0.15, -0.1) is 0 Å². The van der Waals surface area contributed by atoms with E-state index in [0.29, 0.717) is 5.69 Å². The molecular formula is C13H16F2N2. The molecule has 0 bridgehead atoms. The number of rotatable bonds is 3. The van der Waals surface area contributed by atoms with Gasteiger partial charge in [0, 0.05) is 18.4 Å². The molecular weight excluding hydrogens is 222 g/mol. The van der Waals surface area contributed by atoms with Crippen molar-refractivity contribution in [1.29, 1.82) is 0 Å². The molecule has 1 fully saturated rings. The third-order valence-electron chi connectivity index (χ3n) is 3.07. The second-order valence-corrected chi connectivity index (χ2v) is 4.39. The van der Waals surface area contributed by atoms with E-state index < -0.39 is 6.43 Å². The first-order chi connectivity index (χ1) is 8.00. The Morgan fingerprint density at radius 1 is 1.35 bits per heavy atom. The van der Waals surface area contributed by atoms with E-state index in [-0.39, 0.29) is 5.70 Å². The summed E-state index contributed by atoms with van der Waals surface area (Å²) in [4.78, 5) is 1.57. The first kappa shape index (κ1) is 11.9. The molecule has 17 heavy (non-hydrogen) atoms. The highest BCUT2D eigenvalue weighted by Crippen LogP contribution is 2.37. The van der Waals surface area contributed by atoms with Crippen molar-refractivity contribution in [2.75, 3.05) is 17.7 Å². The summed E-state index contributed by atoms with van der Waals surface area (Å²) in [7, 11) is 1.68. The minimum Gasteiger partial charge on any atom is -0.399 e. The number of anilines is 2. The predicted octanol–water partition coefficient (Wildman–Crippen LogP) is 3.33. The fraction of sp³-hybridized carbons (Fsp3) is 0.385. The molecule has 0 aromatic heterocycles. The van der Waals surface area contributed by atoms with Crippen LogP contribution in [0, 0.1) is 6.92 Å². The lowest BCUT2D eigenvalue weighted by molar-refractivity contribution is 0.186. The van der Waals surface area contributed by atoms with Gasteiger partial charge in [-0.3, -0.25) is 0 Å². The Morgan fingerprint density at radius 3 is 2.47 bits per heavy atom. The number of benzene rings is 1. The van der Waals surface area contributed by atoms with Crippen molar-refractivity contribution < 1.29 is 8.78 Å². The highest BCUT2D eigenvalue weighted by molar-refractivity contribution is 5.61. The molecule has 4 heteroatoms. The molecule has 1 saturated carbocycles. The number of allylic oxidation sites excluding steroid dienone is 2. The fourth-order valence-corrected chi connectivity index (χ4v) is 1.86. The molecule has 0 unspecified atom stereocenters. The number of halogens is 2. The number of hydrogen-bond acceptors (Lipinski definition) is 2. The maximum atomic E-state index is 13.0. The summed E-state index contributed by atoms with van der Waals surface area (Å²) in [6.07, 6.45) is -0.842. The zero-order valence-electron chi connectivity index (χ0n) is 10.0. The van der Waals surface area contributed by atoms with Crippen LogP contribution in [0.5, 0.6) is 0 Å². The lowest BCUT2D eigenvalue weighted by atomic mass is 10.1. The molecule has 1 aliphatic carbocycles. The quantitative estimate of drug-likeness (QED) is 0.818. The van der Waals surface area contributed by atoms with E-state index in [9.17, 15) is 8.78 Å². The van der Waals surface area contributed by atoms with Crippen LogP contribution in [-0.2, 0) is 0 Å². The molecule has 0 aliphatic heterocycles. The van der Waals surface area contributed by atoms with Crippen molar-refractivity contribution in [3.05, 3.63) is 35.0 Å². The maximum Gasteiger partial charge on any atom is 0.278 e. The first-order valence-electron chi connectivity index (χ1n) is 5.60. The van der Waals surface area contributed by atoms with E-state index in [1.165, 1.54) is 0 Å². The Kier molecular flexibility index (Phi) is 3.05. The van der Waals surface area contributed by atoms with E-state index in [1.807, 2.05) is 13.0 Å². The predicted molar refractivity (Wildman–Crippen MR) is 66.3 cm³/mol. The smallest absolute Gasteiger partial charge is 0.278 e. The summed E-state index contributed by atoms with van der Waals surface area (Å²) >= 11 is 0. The second-order valence-electron chi connectivity index (χ2n) is 4.39. The van der Waals surface area contributed by atoms with Crippen LogP contribution in [0.3, 0.4) is 0 Å². The minimum absolute atomic E-state index is 0.147. The van der Waals surface area contributed by atoms with Crippen molar-refractivity contribution >= 4 is 11.4 Å². The van der Waals surface area contributed by atoms with Gasteiger partial charge in [0.25, 0.3) is 6.43 Å². The maximum absolute atomic E-state index is 13.0. The van der Waals surface area contributed by atoms with Gasteiger partial charge in [-0.2, -0.15) is 0 Å². The molecule has 1 aromatic carbocycles. The van der Waals surface area contributed by atoms with Crippen LogP contribution in [0.1, 0.15) is 18.4 Å². The van der Waals surface area contributed by atoms with Gasteiger partial charge < -0.3 is 10.6 Å². The largest absolute Gasteiger partial charge is 0.399 e. The molecule has 0 saturated heterocycles. The molecule has 1 aromatic rings. The third-order valence-corrected chi connectivity index (χ3v) is 3.07. The Hall–Kier alpha value is -1.58. The molecule has 0 atom stereocenters. The van der Waals surface area contributed by atoms with Crippen molar-refractivity contribution in [2.45, 2.75) is 26.2 Å². The van der Waals surface area contributed by atoms with Gasteiger partial charge in [0.15, 0.2) is 0 Å². The monoisotopic (exact) mass is 238 g/mol. The second kappa shape index (κ2) is 4.35. The fourth-order valence-electron chi connectivity index (χ4n) is 1.86. The van der Waals surface area contributed by atoms with Crippen LogP contribution in [0.15, 0.2) is 29.5 Å².